The van der Waals surface area contributed by atoms with Crippen LogP contribution in [-0.2, 0) is 28.6 Å². The highest BCUT2D eigenvalue weighted by Crippen LogP contribution is 2.14. The molecule has 0 aromatic carbocycles. The summed E-state index contributed by atoms with van der Waals surface area (Å²) in [6.07, 6.45) is 65.9. The molecule has 1 atom stereocenters. The fourth-order valence-electron chi connectivity index (χ4n) is 7.28. The van der Waals surface area contributed by atoms with E-state index in [4.69, 9.17) is 14.2 Å². The SMILES string of the molecule is CCCC/C=C\CCCCCCCC(=O)OCC(COC(=O)CCCCCCCC/C=C\C/C=C\C/C=C\CCCCC)OC(=O)CCCCCCC/C=C\C/C=C\CCCCCC. The van der Waals surface area contributed by atoms with Crippen LogP contribution in [0, 0.1) is 0 Å². The van der Waals surface area contributed by atoms with Crippen molar-refractivity contribution in [2.24, 2.45) is 0 Å². The van der Waals surface area contributed by atoms with Crippen LogP contribution >= 0.6 is 0 Å². The lowest BCUT2D eigenvalue weighted by molar-refractivity contribution is -0.167. The average Bonchev–Trinajstić information content (AvgIpc) is 3.29. The van der Waals surface area contributed by atoms with E-state index in [0.29, 0.717) is 19.3 Å². The Bertz CT molecular complexity index is 1210. The van der Waals surface area contributed by atoms with Crippen LogP contribution < -0.4 is 0 Å². The molecule has 1 unspecified atom stereocenters. The number of esters is 3. The molecule has 0 fully saturated rings. The normalized spacial score (nSPS) is 12.6. The Morgan fingerprint density at radius 3 is 0.969 bits per heavy atom. The summed E-state index contributed by atoms with van der Waals surface area (Å²) >= 11 is 0. The quantitative estimate of drug-likeness (QED) is 0.0262. The van der Waals surface area contributed by atoms with Gasteiger partial charge in [-0.1, -0.05) is 203 Å². The summed E-state index contributed by atoms with van der Waals surface area (Å²) in [5.41, 5.74) is 0. The van der Waals surface area contributed by atoms with Gasteiger partial charge in [-0.3, -0.25) is 14.4 Å². The second-order valence-electron chi connectivity index (χ2n) is 17.8. The first-order valence-corrected chi connectivity index (χ1v) is 26.9. The van der Waals surface area contributed by atoms with E-state index in [1.165, 1.54) is 109 Å². The molecule has 0 aromatic rings. The van der Waals surface area contributed by atoms with Gasteiger partial charge in [-0.25, -0.2) is 0 Å². The van der Waals surface area contributed by atoms with E-state index in [0.717, 1.165) is 109 Å². The third-order valence-corrected chi connectivity index (χ3v) is 11.4. The highest BCUT2D eigenvalue weighted by molar-refractivity contribution is 5.71. The van der Waals surface area contributed by atoms with Crippen LogP contribution in [-0.4, -0.2) is 37.2 Å². The van der Waals surface area contributed by atoms with Gasteiger partial charge >= 0.3 is 17.9 Å². The standard InChI is InChI=1S/C58H100O6/c1-4-7-10-13-16-19-22-24-26-28-29-30-32-33-36-39-42-45-48-51-57(60)63-54-55(53-62-56(59)50-47-44-41-38-35-21-18-15-12-9-6-3)64-58(61)52-49-46-43-40-37-34-31-27-25-23-20-17-14-11-8-5-2/h15-16,18-20,23-24,26-27,29-31,55H,4-14,17,21-22,25,28,32-54H2,1-3H3/b18-15-,19-16-,23-20-,26-24-,30-29-,31-27-. The van der Waals surface area contributed by atoms with E-state index in [1.54, 1.807) is 0 Å². The van der Waals surface area contributed by atoms with Gasteiger partial charge in [0.1, 0.15) is 13.2 Å². The molecule has 0 N–H and O–H groups in total. The molecule has 0 amide bonds. The molecule has 368 valence electrons. The number of unbranched alkanes of at least 4 members (excludes halogenated alkanes) is 25. The second kappa shape index (κ2) is 52.5. The Kier molecular flexibility index (Phi) is 49.9. The molecular formula is C58H100O6. The van der Waals surface area contributed by atoms with Gasteiger partial charge in [0.05, 0.1) is 0 Å². The molecular weight excluding hydrogens is 793 g/mol. The lowest BCUT2D eigenvalue weighted by atomic mass is 10.1. The molecule has 0 spiro atoms. The van der Waals surface area contributed by atoms with E-state index in [2.05, 4.69) is 93.7 Å². The van der Waals surface area contributed by atoms with E-state index < -0.39 is 6.10 Å². The van der Waals surface area contributed by atoms with E-state index in [1.807, 2.05) is 0 Å². The third-order valence-electron chi connectivity index (χ3n) is 11.4. The van der Waals surface area contributed by atoms with Crippen molar-refractivity contribution < 1.29 is 28.6 Å². The fourth-order valence-corrected chi connectivity index (χ4v) is 7.28. The zero-order valence-corrected chi connectivity index (χ0v) is 42.0. The predicted molar refractivity (Wildman–Crippen MR) is 274 cm³/mol. The molecule has 6 heteroatoms. The van der Waals surface area contributed by atoms with Crippen LogP contribution in [0.3, 0.4) is 0 Å². The van der Waals surface area contributed by atoms with Gasteiger partial charge in [0.15, 0.2) is 6.10 Å². The first kappa shape index (κ1) is 60.9. The molecule has 0 rings (SSSR count). The van der Waals surface area contributed by atoms with Crippen molar-refractivity contribution in [2.45, 2.75) is 264 Å². The molecule has 0 aliphatic heterocycles. The highest BCUT2D eigenvalue weighted by Gasteiger charge is 2.19. The van der Waals surface area contributed by atoms with Crippen LogP contribution in [0.5, 0.6) is 0 Å². The van der Waals surface area contributed by atoms with Crippen molar-refractivity contribution in [1.82, 2.24) is 0 Å². The molecule has 0 aliphatic rings. The smallest absolute Gasteiger partial charge is 0.306 e. The second-order valence-corrected chi connectivity index (χ2v) is 17.8. The average molecular weight is 893 g/mol. The van der Waals surface area contributed by atoms with Crippen LogP contribution in [0.2, 0.25) is 0 Å². The highest BCUT2D eigenvalue weighted by atomic mass is 16.6. The summed E-state index contributed by atoms with van der Waals surface area (Å²) in [4.78, 5) is 38.0. The Labute approximate surface area is 395 Å². The molecule has 0 aliphatic carbocycles. The van der Waals surface area contributed by atoms with Gasteiger partial charge < -0.3 is 14.2 Å². The van der Waals surface area contributed by atoms with Gasteiger partial charge in [0, 0.05) is 19.3 Å². The number of rotatable bonds is 48. The summed E-state index contributed by atoms with van der Waals surface area (Å²) < 4.78 is 16.8. The fraction of sp³-hybridized carbons (Fsp3) is 0.741. The predicted octanol–water partition coefficient (Wildman–Crippen LogP) is 17.8. The lowest BCUT2D eigenvalue weighted by Crippen LogP contribution is -2.30. The van der Waals surface area contributed by atoms with Crippen molar-refractivity contribution >= 4 is 17.9 Å². The minimum Gasteiger partial charge on any atom is -0.462 e. The van der Waals surface area contributed by atoms with Crippen molar-refractivity contribution in [1.29, 1.82) is 0 Å². The number of carbonyl (C=O) groups excluding carboxylic acids is 3. The van der Waals surface area contributed by atoms with Gasteiger partial charge in [-0.15, -0.1) is 0 Å². The van der Waals surface area contributed by atoms with Crippen LogP contribution in [0.4, 0.5) is 0 Å². The van der Waals surface area contributed by atoms with Gasteiger partial charge in [0.2, 0.25) is 0 Å². The first-order valence-electron chi connectivity index (χ1n) is 26.9. The molecule has 0 aromatic heterocycles. The first-order chi connectivity index (χ1) is 31.5. The molecule has 0 heterocycles. The maximum atomic E-state index is 12.8. The maximum Gasteiger partial charge on any atom is 0.306 e. The summed E-state index contributed by atoms with van der Waals surface area (Å²) in [6, 6.07) is 0. The zero-order valence-electron chi connectivity index (χ0n) is 42.0. The Hall–Kier alpha value is -3.15. The Balaban J connectivity index is 4.40. The molecule has 0 bridgehead atoms. The third kappa shape index (κ3) is 49.9. The largest absolute Gasteiger partial charge is 0.462 e. The summed E-state index contributed by atoms with van der Waals surface area (Å²) in [5.74, 6) is -0.923. The number of allylic oxidation sites excluding steroid dienone is 12. The van der Waals surface area contributed by atoms with Crippen molar-refractivity contribution in [3.8, 4) is 0 Å². The molecule has 6 nitrogen and oxygen atoms in total. The van der Waals surface area contributed by atoms with Gasteiger partial charge in [0.25, 0.3) is 0 Å². The van der Waals surface area contributed by atoms with Crippen LogP contribution in [0.15, 0.2) is 72.9 Å². The van der Waals surface area contributed by atoms with Gasteiger partial charge in [-0.2, -0.15) is 0 Å². The van der Waals surface area contributed by atoms with E-state index in [9.17, 15) is 14.4 Å². The number of ether oxygens (including phenoxy) is 3. The van der Waals surface area contributed by atoms with Crippen molar-refractivity contribution in [2.75, 3.05) is 13.2 Å². The van der Waals surface area contributed by atoms with E-state index in [-0.39, 0.29) is 31.1 Å². The molecule has 0 saturated carbocycles. The van der Waals surface area contributed by atoms with Crippen LogP contribution in [0.25, 0.3) is 0 Å². The summed E-state index contributed by atoms with van der Waals surface area (Å²) in [7, 11) is 0. The summed E-state index contributed by atoms with van der Waals surface area (Å²) in [5, 5.41) is 0. The number of hydrogen-bond acceptors (Lipinski definition) is 6. The number of carbonyl (C=O) groups is 3. The van der Waals surface area contributed by atoms with Crippen molar-refractivity contribution in [3.63, 3.8) is 0 Å². The molecule has 0 radical (unpaired) electrons. The Morgan fingerprint density at radius 1 is 0.312 bits per heavy atom. The van der Waals surface area contributed by atoms with E-state index >= 15 is 0 Å². The molecule has 0 saturated heterocycles. The summed E-state index contributed by atoms with van der Waals surface area (Å²) in [6.45, 7) is 6.53. The number of hydrogen-bond donors (Lipinski definition) is 0. The van der Waals surface area contributed by atoms with Crippen molar-refractivity contribution in [3.05, 3.63) is 72.9 Å². The van der Waals surface area contributed by atoms with Crippen LogP contribution in [0.1, 0.15) is 258 Å². The zero-order chi connectivity index (χ0) is 46.5. The molecule has 64 heavy (non-hydrogen) atoms. The monoisotopic (exact) mass is 893 g/mol. The minimum atomic E-state index is -0.791. The van der Waals surface area contributed by atoms with Gasteiger partial charge in [-0.05, 0) is 109 Å². The topological polar surface area (TPSA) is 78.9 Å². The minimum absolute atomic E-state index is 0.0901. The lowest BCUT2D eigenvalue weighted by Gasteiger charge is -2.18. The Morgan fingerprint density at radius 2 is 0.578 bits per heavy atom. The maximum absolute atomic E-state index is 12.8.